The van der Waals surface area contributed by atoms with Crippen molar-refractivity contribution in [2.24, 2.45) is 11.8 Å². The molecule has 0 spiro atoms. The van der Waals surface area contributed by atoms with Crippen LogP contribution in [0.2, 0.25) is 0 Å². The van der Waals surface area contributed by atoms with Crippen LogP contribution in [-0.2, 0) is 4.74 Å². The SMILES string of the molecule is CC(C)CC1CN(C2CCOC2)C(CC(C)C)CN1. The van der Waals surface area contributed by atoms with E-state index in [1.807, 2.05) is 0 Å². The third kappa shape index (κ3) is 4.44. The van der Waals surface area contributed by atoms with Crippen LogP contribution in [0.5, 0.6) is 0 Å². The minimum Gasteiger partial charge on any atom is -0.380 e. The molecule has 0 aromatic rings. The second-order valence-corrected chi connectivity index (χ2v) is 7.23. The van der Waals surface area contributed by atoms with E-state index in [-0.39, 0.29) is 0 Å². The van der Waals surface area contributed by atoms with Crippen molar-refractivity contribution in [1.29, 1.82) is 0 Å². The Bertz CT molecular complexity index is 261. The van der Waals surface area contributed by atoms with E-state index in [0.29, 0.717) is 18.1 Å². The first-order valence-electron chi connectivity index (χ1n) is 8.13. The van der Waals surface area contributed by atoms with E-state index in [2.05, 4.69) is 37.9 Å². The minimum absolute atomic E-state index is 0.667. The Kier molecular flexibility index (Phi) is 5.67. The van der Waals surface area contributed by atoms with Gasteiger partial charge in [0, 0.05) is 37.8 Å². The lowest BCUT2D eigenvalue weighted by atomic mass is 9.94. The van der Waals surface area contributed by atoms with Gasteiger partial charge in [-0.15, -0.1) is 0 Å². The highest BCUT2D eigenvalue weighted by atomic mass is 16.5. The Hall–Kier alpha value is -0.120. The standard InChI is InChI=1S/C16H32N2O/c1-12(2)7-14-10-18(15-5-6-19-11-15)16(9-17-14)8-13(3)4/h12-17H,5-11H2,1-4H3. The average Bonchev–Trinajstić information content (AvgIpc) is 2.83. The molecule has 3 unspecified atom stereocenters. The van der Waals surface area contributed by atoms with Crippen LogP contribution in [0, 0.1) is 11.8 Å². The molecule has 2 fully saturated rings. The van der Waals surface area contributed by atoms with Crippen LogP contribution in [0.3, 0.4) is 0 Å². The van der Waals surface area contributed by atoms with E-state index in [1.54, 1.807) is 0 Å². The van der Waals surface area contributed by atoms with Gasteiger partial charge < -0.3 is 10.1 Å². The van der Waals surface area contributed by atoms with Crippen molar-refractivity contribution < 1.29 is 4.74 Å². The zero-order valence-electron chi connectivity index (χ0n) is 13.2. The van der Waals surface area contributed by atoms with Crippen molar-refractivity contribution in [2.75, 3.05) is 26.3 Å². The molecule has 2 aliphatic rings. The number of nitrogens with zero attached hydrogens (tertiary/aromatic N) is 1. The summed E-state index contributed by atoms with van der Waals surface area (Å²) in [5.74, 6) is 1.55. The van der Waals surface area contributed by atoms with Gasteiger partial charge in [0.05, 0.1) is 6.61 Å². The number of ether oxygens (including phenoxy) is 1. The topological polar surface area (TPSA) is 24.5 Å². The Morgan fingerprint density at radius 2 is 1.89 bits per heavy atom. The van der Waals surface area contributed by atoms with Crippen molar-refractivity contribution in [2.45, 2.75) is 65.1 Å². The maximum atomic E-state index is 5.62. The van der Waals surface area contributed by atoms with Crippen LogP contribution >= 0.6 is 0 Å². The Balaban J connectivity index is 1.96. The van der Waals surface area contributed by atoms with Gasteiger partial charge in [-0.1, -0.05) is 27.7 Å². The second-order valence-electron chi connectivity index (χ2n) is 7.23. The molecule has 0 aliphatic carbocycles. The molecule has 3 heteroatoms. The molecule has 2 aliphatic heterocycles. The summed E-state index contributed by atoms with van der Waals surface area (Å²) < 4.78 is 5.62. The largest absolute Gasteiger partial charge is 0.380 e. The highest BCUT2D eigenvalue weighted by molar-refractivity contribution is 4.91. The van der Waals surface area contributed by atoms with Gasteiger partial charge in [-0.25, -0.2) is 0 Å². The van der Waals surface area contributed by atoms with Gasteiger partial charge in [0.2, 0.25) is 0 Å². The number of hydrogen-bond acceptors (Lipinski definition) is 3. The molecule has 2 heterocycles. The maximum absolute atomic E-state index is 5.62. The Labute approximate surface area is 119 Å². The van der Waals surface area contributed by atoms with Crippen LogP contribution in [0.15, 0.2) is 0 Å². The number of piperazine rings is 1. The fraction of sp³-hybridized carbons (Fsp3) is 1.00. The van der Waals surface area contributed by atoms with E-state index in [4.69, 9.17) is 4.74 Å². The van der Waals surface area contributed by atoms with Gasteiger partial charge in [-0.05, 0) is 31.1 Å². The van der Waals surface area contributed by atoms with E-state index in [1.165, 1.54) is 25.8 Å². The molecule has 0 amide bonds. The molecule has 2 saturated heterocycles. The molecule has 0 saturated carbocycles. The first kappa shape index (κ1) is 15.3. The monoisotopic (exact) mass is 268 g/mol. The van der Waals surface area contributed by atoms with Gasteiger partial charge in [0.15, 0.2) is 0 Å². The molecule has 112 valence electrons. The summed E-state index contributed by atoms with van der Waals surface area (Å²) in [7, 11) is 0. The van der Waals surface area contributed by atoms with Crippen LogP contribution in [0.4, 0.5) is 0 Å². The minimum atomic E-state index is 0.667. The highest BCUT2D eigenvalue weighted by Gasteiger charge is 2.34. The molecular formula is C16H32N2O. The van der Waals surface area contributed by atoms with E-state index in [0.717, 1.165) is 31.6 Å². The average molecular weight is 268 g/mol. The lowest BCUT2D eigenvalue weighted by Gasteiger charge is -2.44. The van der Waals surface area contributed by atoms with Crippen LogP contribution < -0.4 is 5.32 Å². The van der Waals surface area contributed by atoms with E-state index >= 15 is 0 Å². The highest BCUT2D eigenvalue weighted by Crippen LogP contribution is 2.24. The third-order valence-corrected chi connectivity index (χ3v) is 4.42. The third-order valence-electron chi connectivity index (χ3n) is 4.42. The lowest BCUT2D eigenvalue weighted by molar-refractivity contribution is 0.0556. The van der Waals surface area contributed by atoms with Gasteiger partial charge in [-0.2, -0.15) is 0 Å². The lowest BCUT2D eigenvalue weighted by Crippen LogP contribution is -2.60. The molecule has 2 rings (SSSR count). The fourth-order valence-corrected chi connectivity index (χ4v) is 3.61. The van der Waals surface area contributed by atoms with Crippen molar-refractivity contribution in [1.82, 2.24) is 10.2 Å². The summed E-state index contributed by atoms with van der Waals surface area (Å²) in [6.45, 7) is 13.6. The maximum Gasteiger partial charge on any atom is 0.0622 e. The summed E-state index contributed by atoms with van der Waals surface area (Å²) in [5.41, 5.74) is 0. The summed E-state index contributed by atoms with van der Waals surface area (Å²) in [6.07, 6.45) is 3.82. The van der Waals surface area contributed by atoms with Crippen molar-refractivity contribution in [3.05, 3.63) is 0 Å². The van der Waals surface area contributed by atoms with E-state index < -0.39 is 0 Å². The zero-order chi connectivity index (χ0) is 13.8. The summed E-state index contributed by atoms with van der Waals surface area (Å²) >= 11 is 0. The second kappa shape index (κ2) is 7.05. The quantitative estimate of drug-likeness (QED) is 0.829. The first-order valence-corrected chi connectivity index (χ1v) is 8.13. The summed E-state index contributed by atoms with van der Waals surface area (Å²) in [4.78, 5) is 2.76. The van der Waals surface area contributed by atoms with Gasteiger partial charge >= 0.3 is 0 Å². The molecule has 0 aromatic carbocycles. The van der Waals surface area contributed by atoms with Crippen molar-refractivity contribution >= 4 is 0 Å². The van der Waals surface area contributed by atoms with Crippen LogP contribution in [0.1, 0.15) is 47.0 Å². The molecule has 19 heavy (non-hydrogen) atoms. The predicted octanol–water partition coefficient (Wildman–Crippen LogP) is 2.51. The van der Waals surface area contributed by atoms with Gasteiger partial charge in [0.25, 0.3) is 0 Å². The van der Waals surface area contributed by atoms with Crippen LogP contribution in [-0.4, -0.2) is 49.3 Å². The number of rotatable bonds is 5. The first-order chi connectivity index (χ1) is 9.06. The predicted molar refractivity (Wildman–Crippen MR) is 80.4 cm³/mol. The molecule has 1 N–H and O–H groups in total. The summed E-state index contributed by atoms with van der Waals surface area (Å²) in [5, 5.41) is 3.78. The van der Waals surface area contributed by atoms with Crippen molar-refractivity contribution in [3.63, 3.8) is 0 Å². The van der Waals surface area contributed by atoms with Crippen molar-refractivity contribution in [3.8, 4) is 0 Å². The van der Waals surface area contributed by atoms with Crippen LogP contribution in [0.25, 0.3) is 0 Å². The molecule has 3 nitrogen and oxygen atoms in total. The Morgan fingerprint density at radius 1 is 1.16 bits per heavy atom. The molecule has 3 atom stereocenters. The normalized spacial score (nSPS) is 33.5. The number of nitrogens with one attached hydrogen (secondary N) is 1. The fourth-order valence-electron chi connectivity index (χ4n) is 3.61. The molecule has 0 radical (unpaired) electrons. The zero-order valence-corrected chi connectivity index (χ0v) is 13.2. The smallest absolute Gasteiger partial charge is 0.0622 e. The Morgan fingerprint density at radius 3 is 2.47 bits per heavy atom. The molecule has 0 bridgehead atoms. The molecular weight excluding hydrogens is 236 g/mol. The van der Waals surface area contributed by atoms with Gasteiger partial charge in [-0.3, -0.25) is 4.90 Å². The van der Waals surface area contributed by atoms with E-state index in [9.17, 15) is 0 Å². The summed E-state index contributed by atoms with van der Waals surface area (Å²) in [6, 6.07) is 2.04. The number of hydrogen-bond donors (Lipinski definition) is 1. The van der Waals surface area contributed by atoms with Gasteiger partial charge in [0.1, 0.15) is 0 Å². The molecule has 0 aromatic heterocycles.